The van der Waals surface area contributed by atoms with Gasteiger partial charge in [-0.3, -0.25) is 4.79 Å². The van der Waals surface area contributed by atoms with Crippen LogP contribution in [-0.4, -0.2) is 24.5 Å². The van der Waals surface area contributed by atoms with Crippen molar-refractivity contribution in [1.29, 1.82) is 0 Å². The smallest absolute Gasteiger partial charge is 0.328 e. The normalized spacial score (nSPS) is 11.6. The Balaban J connectivity index is 1.86. The van der Waals surface area contributed by atoms with Crippen molar-refractivity contribution < 1.29 is 14.3 Å². The van der Waals surface area contributed by atoms with E-state index in [1.165, 1.54) is 5.56 Å². The van der Waals surface area contributed by atoms with E-state index in [1.54, 1.807) is 6.92 Å². The molecule has 0 bridgehead atoms. The molecular formula is C21H25NO3. The van der Waals surface area contributed by atoms with Crippen LogP contribution in [0.2, 0.25) is 0 Å². The predicted octanol–water partition coefficient (Wildman–Crippen LogP) is 3.30. The Bertz CT molecular complexity index is 655. The fraction of sp³-hybridized carbons (Fsp3) is 0.333. The molecule has 1 atom stereocenters. The molecule has 0 saturated heterocycles. The Kier molecular flexibility index (Phi) is 7.70. The molecule has 1 N–H and O–H groups in total. The van der Waals surface area contributed by atoms with Gasteiger partial charge in [-0.25, -0.2) is 4.79 Å². The summed E-state index contributed by atoms with van der Waals surface area (Å²) in [7, 11) is 0. The molecule has 0 radical (unpaired) electrons. The molecule has 132 valence electrons. The average Bonchev–Trinajstić information content (AvgIpc) is 2.63. The van der Waals surface area contributed by atoms with Gasteiger partial charge in [-0.15, -0.1) is 0 Å². The Labute approximate surface area is 149 Å². The highest BCUT2D eigenvalue weighted by Gasteiger charge is 2.22. The van der Waals surface area contributed by atoms with Gasteiger partial charge in [-0.05, 0) is 30.9 Å². The highest BCUT2D eigenvalue weighted by atomic mass is 16.5. The second kappa shape index (κ2) is 10.3. The number of hydrogen-bond acceptors (Lipinski definition) is 3. The van der Waals surface area contributed by atoms with Crippen LogP contribution in [-0.2, 0) is 27.2 Å². The predicted molar refractivity (Wildman–Crippen MR) is 98.1 cm³/mol. The third-order valence-electron chi connectivity index (χ3n) is 3.90. The Morgan fingerprint density at radius 2 is 1.56 bits per heavy atom. The van der Waals surface area contributed by atoms with Gasteiger partial charge in [0.15, 0.2) is 0 Å². The van der Waals surface area contributed by atoms with Gasteiger partial charge in [0.2, 0.25) is 5.91 Å². The molecule has 0 spiro atoms. The lowest BCUT2D eigenvalue weighted by Gasteiger charge is -2.17. The minimum absolute atomic E-state index is 0.120. The van der Waals surface area contributed by atoms with Gasteiger partial charge >= 0.3 is 5.97 Å². The number of benzene rings is 2. The van der Waals surface area contributed by atoms with Crippen LogP contribution in [0.25, 0.3) is 0 Å². The number of ether oxygens (including phenoxy) is 1. The number of rotatable bonds is 9. The van der Waals surface area contributed by atoms with E-state index >= 15 is 0 Å². The summed E-state index contributed by atoms with van der Waals surface area (Å²) in [4.78, 5) is 24.4. The topological polar surface area (TPSA) is 55.4 Å². The first kappa shape index (κ1) is 18.7. The van der Waals surface area contributed by atoms with Crippen molar-refractivity contribution in [1.82, 2.24) is 5.32 Å². The SMILES string of the molecule is CCOC(=O)C(Cc1ccccc1)NC(=O)CCCc1ccccc1. The van der Waals surface area contributed by atoms with Crippen LogP contribution in [0.3, 0.4) is 0 Å². The summed E-state index contributed by atoms with van der Waals surface area (Å²) in [5.74, 6) is -0.507. The molecule has 0 heterocycles. The van der Waals surface area contributed by atoms with Crippen LogP contribution in [0.1, 0.15) is 30.9 Å². The van der Waals surface area contributed by atoms with Crippen molar-refractivity contribution >= 4 is 11.9 Å². The molecule has 4 nitrogen and oxygen atoms in total. The van der Waals surface area contributed by atoms with Gasteiger partial charge in [-0.2, -0.15) is 0 Å². The third-order valence-corrected chi connectivity index (χ3v) is 3.90. The van der Waals surface area contributed by atoms with Crippen LogP contribution in [0, 0.1) is 0 Å². The van der Waals surface area contributed by atoms with E-state index in [-0.39, 0.29) is 11.9 Å². The number of carbonyl (C=O) groups excluding carboxylic acids is 2. The number of amides is 1. The fourth-order valence-corrected chi connectivity index (χ4v) is 2.65. The lowest BCUT2D eigenvalue weighted by molar-refractivity contribution is -0.147. The first-order valence-corrected chi connectivity index (χ1v) is 8.73. The average molecular weight is 339 g/mol. The highest BCUT2D eigenvalue weighted by Crippen LogP contribution is 2.07. The van der Waals surface area contributed by atoms with Crippen molar-refractivity contribution in [3.63, 3.8) is 0 Å². The molecule has 25 heavy (non-hydrogen) atoms. The number of esters is 1. The summed E-state index contributed by atoms with van der Waals surface area (Å²) in [6.07, 6.45) is 2.41. The molecule has 1 amide bonds. The summed E-state index contributed by atoms with van der Waals surface area (Å²) in [5.41, 5.74) is 2.20. The van der Waals surface area contributed by atoms with Crippen LogP contribution in [0.15, 0.2) is 60.7 Å². The van der Waals surface area contributed by atoms with E-state index in [2.05, 4.69) is 17.4 Å². The zero-order valence-electron chi connectivity index (χ0n) is 14.6. The molecule has 0 aliphatic rings. The number of aryl methyl sites for hydroxylation is 1. The number of carbonyl (C=O) groups is 2. The van der Waals surface area contributed by atoms with Gasteiger partial charge in [0.1, 0.15) is 6.04 Å². The maximum atomic E-state index is 12.2. The van der Waals surface area contributed by atoms with E-state index < -0.39 is 6.04 Å². The van der Waals surface area contributed by atoms with Gasteiger partial charge in [-0.1, -0.05) is 60.7 Å². The van der Waals surface area contributed by atoms with E-state index in [1.807, 2.05) is 48.5 Å². The lowest BCUT2D eigenvalue weighted by Crippen LogP contribution is -2.43. The van der Waals surface area contributed by atoms with Gasteiger partial charge in [0.05, 0.1) is 6.61 Å². The van der Waals surface area contributed by atoms with Gasteiger partial charge in [0, 0.05) is 12.8 Å². The van der Waals surface area contributed by atoms with Crippen LogP contribution < -0.4 is 5.32 Å². The lowest BCUT2D eigenvalue weighted by atomic mass is 10.0. The Morgan fingerprint density at radius 1 is 0.960 bits per heavy atom. The minimum Gasteiger partial charge on any atom is -0.464 e. The molecule has 0 aromatic heterocycles. The second-order valence-corrected chi connectivity index (χ2v) is 5.90. The zero-order chi connectivity index (χ0) is 17.9. The molecule has 1 unspecified atom stereocenters. The molecule has 0 aliphatic heterocycles. The fourth-order valence-electron chi connectivity index (χ4n) is 2.65. The number of nitrogens with one attached hydrogen (secondary N) is 1. The van der Waals surface area contributed by atoms with Crippen molar-refractivity contribution in [3.05, 3.63) is 71.8 Å². The summed E-state index contributed by atoms with van der Waals surface area (Å²) >= 11 is 0. The minimum atomic E-state index is -0.647. The largest absolute Gasteiger partial charge is 0.464 e. The second-order valence-electron chi connectivity index (χ2n) is 5.90. The van der Waals surface area contributed by atoms with E-state index in [0.717, 1.165) is 18.4 Å². The van der Waals surface area contributed by atoms with E-state index in [9.17, 15) is 9.59 Å². The monoisotopic (exact) mass is 339 g/mol. The maximum absolute atomic E-state index is 12.2. The summed E-state index contributed by atoms with van der Waals surface area (Å²) < 4.78 is 5.10. The summed E-state index contributed by atoms with van der Waals surface area (Å²) in [6.45, 7) is 2.06. The number of hydrogen-bond donors (Lipinski definition) is 1. The summed E-state index contributed by atoms with van der Waals surface area (Å²) in [6, 6.07) is 19.0. The quantitative estimate of drug-likeness (QED) is 0.713. The molecule has 0 saturated carbocycles. The van der Waals surface area contributed by atoms with Crippen molar-refractivity contribution in [3.8, 4) is 0 Å². The zero-order valence-corrected chi connectivity index (χ0v) is 14.6. The van der Waals surface area contributed by atoms with Gasteiger partial charge in [0.25, 0.3) is 0 Å². The van der Waals surface area contributed by atoms with E-state index in [4.69, 9.17) is 4.74 Å². The van der Waals surface area contributed by atoms with Gasteiger partial charge < -0.3 is 10.1 Å². The van der Waals surface area contributed by atoms with Crippen LogP contribution >= 0.6 is 0 Å². The van der Waals surface area contributed by atoms with Crippen LogP contribution in [0.4, 0.5) is 0 Å². The molecule has 2 rings (SSSR count). The molecule has 2 aromatic rings. The first-order chi connectivity index (χ1) is 12.2. The molecule has 4 heteroatoms. The highest BCUT2D eigenvalue weighted by molar-refractivity contribution is 5.84. The van der Waals surface area contributed by atoms with Crippen molar-refractivity contribution in [2.45, 2.75) is 38.6 Å². The molecule has 2 aromatic carbocycles. The van der Waals surface area contributed by atoms with Crippen LogP contribution in [0.5, 0.6) is 0 Å². The van der Waals surface area contributed by atoms with E-state index in [0.29, 0.717) is 19.4 Å². The van der Waals surface area contributed by atoms with Crippen molar-refractivity contribution in [2.24, 2.45) is 0 Å². The Morgan fingerprint density at radius 3 is 2.16 bits per heavy atom. The molecular weight excluding hydrogens is 314 g/mol. The third kappa shape index (κ3) is 6.79. The first-order valence-electron chi connectivity index (χ1n) is 8.73. The van der Waals surface area contributed by atoms with Crippen molar-refractivity contribution in [2.75, 3.05) is 6.61 Å². The standard InChI is InChI=1S/C21H25NO3/c1-2-25-21(24)19(16-18-12-7-4-8-13-18)22-20(23)15-9-14-17-10-5-3-6-11-17/h3-8,10-13,19H,2,9,14-16H2,1H3,(H,22,23). The molecule has 0 fully saturated rings. The molecule has 0 aliphatic carbocycles. The Hall–Kier alpha value is -2.62. The maximum Gasteiger partial charge on any atom is 0.328 e. The summed E-state index contributed by atoms with van der Waals surface area (Å²) in [5, 5.41) is 2.82.